The second-order valence-electron chi connectivity index (χ2n) is 4.95. The number of rotatable bonds is 4. The zero-order valence-corrected chi connectivity index (χ0v) is 12.9. The number of sulfonamides is 1. The van der Waals surface area contributed by atoms with E-state index in [-0.39, 0.29) is 16.2 Å². The Bertz CT molecular complexity index is 845. The molecule has 0 saturated carbocycles. The average molecular weight is 320 g/mol. The molecule has 2 rings (SSSR count). The van der Waals surface area contributed by atoms with E-state index < -0.39 is 15.9 Å². The summed E-state index contributed by atoms with van der Waals surface area (Å²) in [7, 11) is -3.88. The van der Waals surface area contributed by atoms with Gasteiger partial charge in [-0.05, 0) is 55.3 Å². The van der Waals surface area contributed by atoms with E-state index in [2.05, 4.69) is 4.72 Å². The van der Waals surface area contributed by atoms with Crippen LogP contribution in [-0.2, 0) is 10.0 Å². The van der Waals surface area contributed by atoms with Crippen LogP contribution in [0, 0.1) is 13.8 Å². The smallest absolute Gasteiger partial charge is 0.261 e. The van der Waals surface area contributed by atoms with Crippen LogP contribution in [-0.4, -0.2) is 19.4 Å². The second kappa shape index (κ2) is 5.69. The minimum atomic E-state index is -3.88. The van der Waals surface area contributed by atoms with Crippen LogP contribution in [0.3, 0.4) is 0 Å². The van der Waals surface area contributed by atoms with Crippen molar-refractivity contribution >= 4 is 21.6 Å². The van der Waals surface area contributed by atoms with Crippen molar-refractivity contribution in [2.24, 2.45) is 5.73 Å². The highest BCUT2D eigenvalue weighted by Gasteiger charge is 2.18. The highest BCUT2D eigenvalue weighted by molar-refractivity contribution is 7.92. The van der Waals surface area contributed by atoms with Crippen molar-refractivity contribution in [2.45, 2.75) is 18.7 Å². The van der Waals surface area contributed by atoms with Crippen LogP contribution in [0.15, 0.2) is 41.3 Å². The summed E-state index contributed by atoms with van der Waals surface area (Å²) in [6.45, 7) is 3.80. The van der Waals surface area contributed by atoms with E-state index in [1.165, 1.54) is 6.07 Å². The molecule has 0 aliphatic heterocycles. The summed E-state index contributed by atoms with van der Waals surface area (Å²) in [6, 6.07) is 8.53. The zero-order chi connectivity index (χ0) is 16.5. The summed E-state index contributed by atoms with van der Waals surface area (Å²) in [5, 5.41) is 9.51. The Kier molecular flexibility index (Phi) is 4.09. The third kappa shape index (κ3) is 3.20. The van der Waals surface area contributed by atoms with E-state index in [4.69, 9.17) is 5.73 Å². The van der Waals surface area contributed by atoms with Crippen molar-refractivity contribution in [3.05, 3.63) is 53.1 Å². The number of primary amides is 1. The molecule has 2 aromatic carbocycles. The van der Waals surface area contributed by atoms with Crippen molar-refractivity contribution in [1.82, 2.24) is 0 Å². The normalized spacial score (nSPS) is 11.2. The van der Waals surface area contributed by atoms with E-state index in [1.807, 2.05) is 13.8 Å². The Balaban J connectivity index is 2.40. The number of carbonyl (C=O) groups excluding carboxylic acids is 1. The van der Waals surface area contributed by atoms with Gasteiger partial charge in [-0.3, -0.25) is 9.52 Å². The summed E-state index contributed by atoms with van der Waals surface area (Å²) < 4.78 is 27.1. The van der Waals surface area contributed by atoms with Gasteiger partial charge in [0.2, 0.25) is 0 Å². The first kappa shape index (κ1) is 15.8. The highest BCUT2D eigenvalue weighted by Crippen LogP contribution is 2.23. The van der Waals surface area contributed by atoms with E-state index in [1.54, 1.807) is 18.2 Å². The predicted octanol–water partition coefficient (Wildman–Crippen LogP) is 1.91. The maximum atomic E-state index is 12.3. The van der Waals surface area contributed by atoms with Crippen LogP contribution in [0.1, 0.15) is 21.5 Å². The molecule has 22 heavy (non-hydrogen) atoms. The van der Waals surface area contributed by atoms with Crippen LogP contribution < -0.4 is 10.5 Å². The molecular formula is C15H16N2O4S. The maximum Gasteiger partial charge on any atom is 0.261 e. The minimum Gasteiger partial charge on any atom is -0.507 e. The molecule has 7 heteroatoms. The number of benzene rings is 2. The van der Waals surface area contributed by atoms with Crippen LogP contribution in [0.4, 0.5) is 5.69 Å². The molecule has 0 aliphatic carbocycles. The summed E-state index contributed by atoms with van der Waals surface area (Å²) >= 11 is 0. The summed E-state index contributed by atoms with van der Waals surface area (Å²) in [5.74, 6) is -1.27. The lowest BCUT2D eigenvalue weighted by atomic mass is 10.1. The number of anilines is 1. The van der Waals surface area contributed by atoms with Crippen molar-refractivity contribution in [3.8, 4) is 5.75 Å². The molecule has 116 valence electrons. The monoisotopic (exact) mass is 320 g/mol. The van der Waals surface area contributed by atoms with Gasteiger partial charge >= 0.3 is 0 Å². The molecule has 1 amide bonds. The number of hydrogen-bond donors (Lipinski definition) is 3. The maximum absolute atomic E-state index is 12.3. The van der Waals surface area contributed by atoms with Gasteiger partial charge in [-0.15, -0.1) is 0 Å². The van der Waals surface area contributed by atoms with Gasteiger partial charge in [-0.25, -0.2) is 8.42 Å². The fourth-order valence-corrected chi connectivity index (χ4v) is 2.97. The largest absolute Gasteiger partial charge is 0.507 e. The molecule has 2 aromatic rings. The number of aryl methyl sites for hydroxylation is 2. The second-order valence-corrected chi connectivity index (χ2v) is 6.63. The van der Waals surface area contributed by atoms with E-state index in [9.17, 15) is 18.3 Å². The van der Waals surface area contributed by atoms with Gasteiger partial charge in [0.1, 0.15) is 5.75 Å². The van der Waals surface area contributed by atoms with Gasteiger partial charge < -0.3 is 10.8 Å². The fourth-order valence-electron chi connectivity index (χ4n) is 1.90. The number of aromatic hydroxyl groups is 1. The predicted molar refractivity (Wildman–Crippen MR) is 83.3 cm³/mol. The summed E-state index contributed by atoms with van der Waals surface area (Å²) in [4.78, 5) is 11.0. The number of phenols is 1. The van der Waals surface area contributed by atoms with Crippen molar-refractivity contribution in [2.75, 3.05) is 4.72 Å². The zero-order valence-electron chi connectivity index (χ0n) is 12.1. The molecular weight excluding hydrogens is 304 g/mol. The quantitative estimate of drug-likeness (QED) is 0.799. The number of amides is 1. The molecule has 0 aromatic heterocycles. The van der Waals surface area contributed by atoms with Crippen LogP contribution in [0.5, 0.6) is 5.75 Å². The minimum absolute atomic E-state index is 0.155. The lowest BCUT2D eigenvalue weighted by Crippen LogP contribution is -2.16. The Morgan fingerprint density at radius 3 is 2.36 bits per heavy atom. The van der Waals surface area contributed by atoms with Crippen LogP contribution in [0.25, 0.3) is 0 Å². The standard InChI is InChI=1S/C15H16N2O4S/c1-9-3-4-11(7-10(9)2)17-22(20,21)12-5-6-14(18)13(8-12)15(16)19/h3-8,17-18H,1-2H3,(H2,16,19). The molecule has 0 atom stereocenters. The van der Waals surface area contributed by atoms with Crippen molar-refractivity contribution in [1.29, 1.82) is 0 Å². The third-order valence-electron chi connectivity index (χ3n) is 3.30. The molecule has 0 bridgehead atoms. The molecule has 0 saturated heterocycles. The van der Waals surface area contributed by atoms with Gasteiger partial charge in [0.25, 0.3) is 15.9 Å². The molecule has 4 N–H and O–H groups in total. The highest BCUT2D eigenvalue weighted by atomic mass is 32.2. The number of nitrogens with one attached hydrogen (secondary N) is 1. The molecule has 0 unspecified atom stereocenters. The molecule has 0 radical (unpaired) electrons. The molecule has 0 spiro atoms. The number of hydrogen-bond acceptors (Lipinski definition) is 4. The molecule has 0 aliphatic rings. The summed E-state index contributed by atoms with van der Waals surface area (Å²) in [5.41, 5.74) is 7.26. The fraction of sp³-hybridized carbons (Fsp3) is 0.133. The first-order chi connectivity index (χ1) is 10.2. The van der Waals surface area contributed by atoms with E-state index >= 15 is 0 Å². The van der Waals surface area contributed by atoms with E-state index in [0.717, 1.165) is 23.3 Å². The van der Waals surface area contributed by atoms with Crippen LogP contribution in [0.2, 0.25) is 0 Å². The SMILES string of the molecule is Cc1ccc(NS(=O)(=O)c2ccc(O)c(C(N)=O)c2)cc1C. The summed E-state index contributed by atoms with van der Waals surface area (Å²) in [6.07, 6.45) is 0. The average Bonchev–Trinajstić information content (AvgIpc) is 2.42. The topological polar surface area (TPSA) is 109 Å². The van der Waals surface area contributed by atoms with Gasteiger partial charge in [0, 0.05) is 5.69 Å². The lowest BCUT2D eigenvalue weighted by Gasteiger charge is -2.11. The molecule has 6 nitrogen and oxygen atoms in total. The van der Waals surface area contributed by atoms with Crippen LogP contribution >= 0.6 is 0 Å². The first-order valence-corrected chi connectivity index (χ1v) is 7.92. The first-order valence-electron chi connectivity index (χ1n) is 6.43. The van der Waals surface area contributed by atoms with Gasteiger partial charge in [-0.1, -0.05) is 6.07 Å². The van der Waals surface area contributed by atoms with Crippen molar-refractivity contribution in [3.63, 3.8) is 0 Å². The Labute approximate surface area is 128 Å². The lowest BCUT2D eigenvalue weighted by molar-refractivity contribution is 0.0997. The number of carbonyl (C=O) groups is 1. The Hall–Kier alpha value is -2.54. The van der Waals surface area contributed by atoms with Gasteiger partial charge in [0.15, 0.2) is 0 Å². The van der Waals surface area contributed by atoms with E-state index in [0.29, 0.717) is 5.69 Å². The molecule has 0 fully saturated rings. The van der Waals surface area contributed by atoms with Crippen molar-refractivity contribution < 1.29 is 18.3 Å². The Morgan fingerprint density at radius 2 is 1.77 bits per heavy atom. The van der Waals surface area contributed by atoms with Gasteiger partial charge in [0.05, 0.1) is 10.5 Å². The third-order valence-corrected chi connectivity index (χ3v) is 4.68. The molecule has 0 heterocycles. The van der Waals surface area contributed by atoms with Gasteiger partial charge in [-0.2, -0.15) is 0 Å². The number of nitrogens with two attached hydrogens (primary N) is 1. The Morgan fingerprint density at radius 1 is 1.09 bits per heavy atom.